The highest BCUT2D eigenvalue weighted by molar-refractivity contribution is 6.31. The predicted molar refractivity (Wildman–Crippen MR) is 49.4 cm³/mol. The van der Waals surface area contributed by atoms with Crippen molar-refractivity contribution in [3.63, 3.8) is 0 Å². The third-order valence-electron chi connectivity index (χ3n) is 1.28. The summed E-state index contributed by atoms with van der Waals surface area (Å²) < 4.78 is 0. The first-order valence-corrected chi connectivity index (χ1v) is 4.37. The van der Waals surface area contributed by atoms with E-state index in [9.17, 15) is 0 Å². The molecule has 0 aliphatic rings. The maximum atomic E-state index is 5.67. The Morgan fingerprint density at radius 2 is 2.17 bits per heavy atom. The van der Waals surface area contributed by atoms with E-state index in [0.29, 0.717) is 11.7 Å². The van der Waals surface area contributed by atoms with Gasteiger partial charge in [-0.05, 0) is 24.2 Å². The molecule has 1 N–H and O–H groups in total. The van der Waals surface area contributed by atoms with Crippen LogP contribution in [0.3, 0.4) is 0 Å². The largest absolute Gasteiger partial charge is 0.311 e. The lowest BCUT2D eigenvalue weighted by molar-refractivity contribution is 0.708. The number of rotatable bonds is 3. The van der Waals surface area contributed by atoms with Crippen LogP contribution in [0.4, 0.5) is 0 Å². The number of nitrogens with one attached hydrogen (secondary N) is 1. The van der Waals surface area contributed by atoms with Crippen LogP contribution in [0.25, 0.3) is 0 Å². The van der Waals surface area contributed by atoms with Gasteiger partial charge < -0.3 is 5.32 Å². The molecule has 1 heterocycles. The molecule has 0 fully saturated rings. The minimum absolute atomic E-state index is 0.190. The van der Waals surface area contributed by atoms with Crippen molar-refractivity contribution in [2.75, 3.05) is 6.54 Å². The molecule has 1 aromatic rings. The van der Waals surface area contributed by atoms with Gasteiger partial charge in [0.15, 0.2) is 0 Å². The zero-order valence-corrected chi connectivity index (χ0v) is 8.15. The lowest BCUT2D eigenvalue weighted by atomic mass is 10.4. The van der Waals surface area contributed by atoms with Crippen LogP contribution in [0, 0.1) is 0 Å². The lowest BCUT2D eigenvalue weighted by Crippen LogP contribution is -2.13. The molecule has 0 bridgehead atoms. The molecule has 0 saturated carbocycles. The third-order valence-corrected chi connectivity index (χ3v) is 1.64. The van der Waals surface area contributed by atoms with Crippen molar-refractivity contribution < 1.29 is 0 Å². The Morgan fingerprint density at radius 1 is 1.42 bits per heavy atom. The van der Waals surface area contributed by atoms with Crippen molar-refractivity contribution in [2.45, 2.75) is 13.5 Å². The van der Waals surface area contributed by atoms with E-state index in [1.165, 1.54) is 0 Å². The van der Waals surface area contributed by atoms with Gasteiger partial charge >= 0.3 is 0 Å². The molecule has 0 radical (unpaired) electrons. The topological polar surface area (TPSA) is 37.8 Å². The summed E-state index contributed by atoms with van der Waals surface area (Å²) in [7, 11) is 0. The fraction of sp³-hybridized carbons (Fsp3) is 0.429. The van der Waals surface area contributed by atoms with Crippen LogP contribution in [0.5, 0.6) is 0 Å². The minimum Gasteiger partial charge on any atom is -0.311 e. The Labute approximate surface area is 81.1 Å². The van der Waals surface area contributed by atoms with Gasteiger partial charge in [-0.2, -0.15) is 0 Å². The molecule has 0 spiro atoms. The molecule has 5 heteroatoms. The first-order chi connectivity index (χ1) is 5.72. The van der Waals surface area contributed by atoms with E-state index in [-0.39, 0.29) is 5.28 Å². The molecule has 3 nitrogen and oxygen atoms in total. The van der Waals surface area contributed by atoms with Gasteiger partial charge in [0.25, 0.3) is 0 Å². The third kappa shape index (κ3) is 2.93. The van der Waals surface area contributed by atoms with Gasteiger partial charge in [0, 0.05) is 6.54 Å². The summed E-state index contributed by atoms with van der Waals surface area (Å²) in [5.41, 5.74) is 0.807. The van der Waals surface area contributed by atoms with E-state index in [2.05, 4.69) is 15.3 Å². The highest BCUT2D eigenvalue weighted by Crippen LogP contribution is 2.10. The van der Waals surface area contributed by atoms with Gasteiger partial charge in [0.2, 0.25) is 5.28 Å². The fourth-order valence-electron chi connectivity index (χ4n) is 0.777. The summed E-state index contributed by atoms with van der Waals surface area (Å²) in [5.74, 6) is 0. The number of hydrogen-bond acceptors (Lipinski definition) is 3. The maximum absolute atomic E-state index is 5.67. The second kappa shape index (κ2) is 4.60. The van der Waals surface area contributed by atoms with Crippen molar-refractivity contribution in [2.24, 2.45) is 0 Å². The van der Waals surface area contributed by atoms with Crippen molar-refractivity contribution >= 4 is 23.2 Å². The Morgan fingerprint density at radius 3 is 2.75 bits per heavy atom. The molecule has 0 unspecified atom stereocenters. The van der Waals surface area contributed by atoms with E-state index in [1.807, 2.05) is 6.92 Å². The monoisotopic (exact) mass is 205 g/mol. The van der Waals surface area contributed by atoms with E-state index in [0.717, 1.165) is 12.2 Å². The van der Waals surface area contributed by atoms with Crippen LogP contribution in [-0.4, -0.2) is 16.5 Å². The first kappa shape index (κ1) is 9.71. The number of halogens is 2. The molecule has 1 rings (SSSR count). The molecule has 0 aliphatic carbocycles. The fourth-order valence-corrected chi connectivity index (χ4v) is 1.23. The van der Waals surface area contributed by atoms with Crippen LogP contribution in [0.15, 0.2) is 6.07 Å². The highest BCUT2D eigenvalue weighted by atomic mass is 35.5. The van der Waals surface area contributed by atoms with Gasteiger partial charge in [-0.25, -0.2) is 9.97 Å². The number of nitrogens with zero attached hydrogens (tertiary/aromatic N) is 2. The van der Waals surface area contributed by atoms with Crippen LogP contribution in [-0.2, 0) is 6.54 Å². The number of aromatic nitrogens is 2. The Hall–Kier alpha value is -0.380. The summed E-state index contributed by atoms with van der Waals surface area (Å²) >= 11 is 11.3. The molecule has 0 saturated heterocycles. The van der Waals surface area contributed by atoms with Crippen molar-refractivity contribution in [1.29, 1.82) is 0 Å². The van der Waals surface area contributed by atoms with Gasteiger partial charge in [0.05, 0.1) is 5.69 Å². The average Bonchev–Trinajstić information content (AvgIpc) is 1.99. The average molecular weight is 206 g/mol. The maximum Gasteiger partial charge on any atom is 0.224 e. The predicted octanol–water partition coefficient (Wildman–Crippen LogP) is 1.89. The lowest BCUT2D eigenvalue weighted by Gasteiger charge is -2.01. The van der Waals surface area contributed by atoms with Gasteiger partial charge in [-0.1, -0.05) is 18.5 Å². The van der Waals surface area contributed by atoms with Crippen LogP contribution >= 0.6 is 23.2 Å². The Kier molecular flexibility index (Phi) is 3.72. The molecular weight excluding hydrogens is 197 g/mol. The van der Waals surface area contributed by atoms with Gasteiger partial charge in [-0.15, -0.1) is 0 Å². The molecule has 0 aliphatic heterocycles. The SMILES string of the molecule is CCNCc1cc(Cl)nc(Cl)n1. The molecular formula is C7H9Cl2N3. The van der Waals surface area contributed by atoms with E-state index >= 15 is 0 Å². The van der Waals surface area contributed by atoms with Gasteiger partial charge in [-0.3, -0.25) is 0 Å². The zero-order valence-electron chi connectivity index (χ0n) is 6.64. The smallest absolute Gasteiger partial charge is 0.224 e. The first-order valence-electron chi connectivity index (χ1n) is 3.62. The van der Waals surface area contributed by atoms with Crippen LogP contribution in [0.2, 0.25) is 10.4 Å². The van der Waals surface area contributed by atoms with Crippen LogP contribution in [0.1, 0.15) is 12.6 Å². The summed E-state index contributed by atoms with van der Waals surface area (Å²) in [6, 6.07) is 1.69. The molecule has 0 aromatic carbocycles. The molecule has 1 aromatic heterocycles. The van der Waals surface area contributed by atoms with E-state index < -0.39 is 0 Å². The summed E-state index contributed by atoms with van der Waals surface area (Å²) in [4.78, 5) is 7.71. The summed E-state index contributed by atoms with van der Waals surface area (Å²) in [5, 5.41) is 3.68. The van der Waals surface area contributed by atoms with Crippen molar-refractivity contribution in [1.82, 2.24) is 15.3 Å². The van der Waals surface area contributed by atoms with E-state index in [4.69, 9.17) is 23.2 Å². The van der Waals surface area contributed by atoms with E-state index in [1.54, 1.807) is 6.07 Å². The Bertz CT molecular complexity index is 245. The second-order valence-electron chi connectivity index (χ2n) is 2.23. The number of hydrogen-bond donors (Lipinski definition) is 1. The molecule has 66 valence electrons. The Balaban J connectivity index is 2.72. The summed E-state index contributed by atoms with van der Waals surface area (Å²) in [6.07, 6.45) is 0. The highest BCUT2D eigenvalue weighted by Gasteiger charge is 1.99. The van der Waals surface area contributed by atoms with Crippen LogP contribution < -0.4 is 5.32 Å². The quantitative estimate of drug-likeness (QED) is 0.606. The molecule has 0 atom stereocenters. The second-order valence-corrected chi connectivity index (χ2v) is 2.96. The summed E-state index contributed by atoms with van der Waals surface area (Å²) in [6.45, 7) is 3.57. The van der Waals surface area contributed by atoms with Crippen molar-refractivity contribution in [3.05, 3.63) is 22.2 Å². The zero-order chi connectivity index (χ0) is 8.97. The normalized spacial score (nSPS) is 10.2. The molecule has 0 amide bonds. The van der Waals surface area contributed by atoms with Gasteiger partial charge in [0.1, 0.15) is 5.15 Å². The minimum atomic E-state index is 0.190. The molecule has 12 heavy (non-hydrogen) atoms. The van der Waals surface area contributed by atoms with Crippen molar-refractivity contribution in [3.8, 4) is 0 Å². The standard InChI is InChI=1S/C7H9Cl2N3/c1-2-10-4-5-3-6(8)12-7(9)11-5/h3,10H,2,4H2,1H3.